The Morgan fingerprint density at radius 1 is 1.29 bits per heavy atom. The van der Waals surface area contributed by atoms with Gasteiger partial charge in [0.25, 0.3) is 0 Å². The molecule has 0 spiro atoms. The molecule has 2 bridgehead atoms. The molecule has 5 nitrogen and oxygen atoms in total. The first-order chi connectivity index (χ1) is 9.60. The summed E-state index contributed by atoms with van der Waals surface area (Å²) in [4.78, 5) is 16.3. The zero-order valence-electron chi connectivity index (χ0n) is 14.1. The molecule has 0 aromatic heterocycles. The minimum absolute atomic E-state index is 0.130. The fourth-order valence-electron chi connectivity index (χ4n) is 3.57. The lowest BCUT2D eigenvalue weighted by molar-refractivity contribution is -0.0646. The summed E-state index contributed by atoms with van der Waals surface area (Å²) in [6.07, 6.45) is 3.87. The van der Waals surface area contributed by atoms with Crippen molar-refractivity contribution in [1.82, 2.24) is 9.80 Å². The summed E-state index contributed by atoms with van der Waals surface area (Å²) in [5.74, 6) is 0. The standard InChI is InChI=1S/C16H30N2O3/c1-15(2,3)21-14(19)18-12-6-7-13(18)11-16(20,10-12)8-9-17(4)5/h12-13,20H,6-11H2,1-5H3. The maximum Gasteiger partial charge on any atom is 0.410 e. The van der Waals surface area contributed by atoms with Gasteiger partial charge >= 0.3 is 6.09 Å². The van der Waals surface area contributed by atoms with E-state index in [4.69, 9.17) is 4.74 Å². The van der Waals surface area contributed by atoms with Gasteiger partial charge in [0.15, 0.2) is 0 Å². The number of nitrogens with zero attached hydrogens (tertiary/aromatic N) is 2. The lowest BCUT2D eigenvalue weighted by atomic mass is 9.83. The van der Waals surface area contributed by atoms with Gasteiger partial charge in [-0.1, -0.05) is 0 Å². The van der Waals surface area contributed by atoms with Crippen LogP contribution >= 0.6 is 0 Å². The molecular weight excluding hydrogens is 268 g/mol. The van der Waals surface area contributed by atoms with Crippen molar-refractivity contribution in [1.29, 1.82) is 0 Å². The van der Waals surface area contributed by atoms with Gasteiger partial charge in [0.1, 0.15) is 5.60 Å². The molecule has 2 heterocycles. The highest BCUT2D eigenvalue weighted by molar-refractivity contribution is 5.69. The van der Waals surface area contributed by atoms with Crippen molar-refractivity contribution in [2.45, 2.75) is 76.2 Å². The maximum atomic E-state index is 12.4. The van der Waals surface area contributed by atoms with Crippen molar-refractivity contribution in [3.05, 3.63) is 0 Å². The van der Waals surface area contributed by atoms with E-state index < -0.39 is 11.2 Å². The smallest absolute Gasteiger partial charge is 0.410 e. The Hall–Kier alpha value is -0.810. The number of carbonyl (C=O) groups excluding carboxylic acids is 1. The number of hydrogen-bond acceptors (Lipinski definition) is 4. The van der Waals surface area contributed by atoms with Crippen molar-refractivity contribution in [3.63, 3.8) is 0 Å². The molecule has 2 aliphatic rings. The molecular formula is C16H30N2O3. The van der Waals surface area contributed by atoms with E-state index in [2.05, 4.69) is 4.90 Å². The van der Waals surface area contributed by atoms with E-state index in [-0.39, 0.29) is 18.2 Å². The Bertz CT molecular complexity index is 375. The van der Waals surface area contributed by atoms with Crippen molar-refractivity contribution in [2.24, 2.45) is 0 Å². The van der Waals surface area contributed by atoms with Crippen LogP contribution in [0.25, 0.3) is 0 Å². The molecule has 2 rings (SSSR count). The van der Waals surface area contributed by atoms with Gasteiger partial charge < -0.3 is 19.6 Å². The highest BCUT2D eigenvalue weighted by atomic mass is 16.6. The molecule has 2 unspecified atom stereocenters. The van der Waals surface area contributed by atoms with Gasteiger partial charge in [0.2, 0.25) is 0 Å². The predicted octanol–water partition coefficient (Wildman–Crippen LogP) is 2.23. The van der Waals surface area contributed by atoms with Crippen molar-refractivity contribution >= 4 is 6.09 Å². The second-order valence-electron chi connectivity index (χ2n) is 7.96. The van der Waals surface area contributed by atoms with E-state index in [9.17, 15) is 9.90 Å². The van der Waals surface area contributed by atoms with Crippen molar-refractivity contribution < 1.29 is 14.6 Å². The summed E-state index contributed by atoms with van der Waals surface area (Å²) < 4.78 is 5.52. The fraction of sp³-hybridized carbons (Fsp3) is 0.938. The van der Waals surface area contributed by atoms with Gasteiger partial charge in [-0.2, -0.15) is 0 Å². The van der Waals surface area contributed by atoms with Crippen LogP contribution in [0.15, 0.2) is 0 Å². The highest BCUT2D eigenvalue weighted by Gasteiger charge is 2.50. The van der Waals surface area contributed by atoms with Crippen LogP contribution in [0.2, 0.25) is 0 Å². The molecule has 2 aliphatic heterocycles. The van der Waals surface area contributed by atoms with Crippen LogP contribution < -0.4 is 0 Å². The first-order valence-corrected chi connectivity index (χ1v) is 7.98. The zero-order valence-corrected chi connectivity index (χ0v) is 14.1. The van der Waals surface area contributed by atoms with Crippen LogP contribution in [-0.2, 0) is 4.74 Å². The maximum absolute atomic E-state index is 12.4. The number of piperidine rings is 1. The van der Waals surface area contributed by atoms with Crippen LogP contribution in [0.5, 0.6) is 0 Å². The summed E-state index contributed by atoms with van der Waals surface area (Å²) in [5.41, 5.74) is -1.09. The van der Waals surface area contributed by atoms with Crippen molar-refractivity contribution in [2.75, 3.05) is 20.6 Å². The molecule has 122 valence electrons. The molecule has 0 aliphatic carbocycles. The quantitative estimate of drug-likeness (QED) is 0.868. The second kappa shape index (κ2) is 5.76. The average molecular weight is 298 g/mol. The van der Waals surface area contributed by atoms with Crippen LogP contribution in [0.4, 0.5) is 4.79 Å². The van der Waals surface area contributed by atoms with Gasteiger partial charge in [0, 0.05) is 18.6 Å². The Labute approximate surface area is 128 Å². The first kappa shape index (κ1) is 16.6. The number of ether oxygens (including phenoxy) is 1. The third kappa shape index (κ3) is 4.10. The van der Waals surface area contributed by atoms with E-state index >= 15 is 0 Å². The summed E-state index contributed by atoms with van der Waals surface area (Å²) in [6, 6.07) is 0.261. The molecule has 0 aromatic rings. The summed E-state index contributed by atoms with van der Waals surface area (Å²) in [6.45, 7) is 6.56. The Morgan fingerprint density at radius 3 is 2.24 bits per heavy atom. The van der Waals surface area contributed by atoms with Gasteiger partial charge in [-0.3, -0.25) is 0 Å². The molecule has 5 heteroatoms. The van der Waals surface area contributed by atoms with E-state index in [1.807, 2.05) is 39.8 Å². The molecule has 2 atom stereocenters. The van der Waals surface area contributed by atoms with E-state index in [1.165, 1.54) is 0 Å². The number of hydrogen-bond donors (Lipinski definition) is 1. The van der Waals surface area contributed by atoms with Gasteiger partial charge in [-0.05, 0) is 67.0 Å². The number of amides is 1. The molecule has 0 aromatic carbocycles. The minimum Gasteiger partial charge on any atom is -0.444 e. The van der Waals surface area contributed by atoms with E-state index in [0.717, 1.165) is 25.8 Å². The molecule has 2 fully saturated rings. The molecule has 1 N–H and O–H groups in total. The number of carbonyl (C=O) groups is 1. The van der Waals surface area contributed by atoms with Crippen LogP contribution in [0.3, 0.4) is 0 Å². The monoisotopic (exact) mass is 298 g/mol. The van der Waals surface area contributed by atoms with Crippen LogP contribution in [0.1, 0.15) is 52.9 Å². The average Bonchev–Trinajstić information content (AvgIpc) is 2.58. The normalized spacial score (nSPS) is 32.6. The Balaban J connectivity index is 2.00. The number of aliphatic hydroxyl groups is 1. The minimum atomic E-state index is -0.630. The van der Waals surface area contributed by atoms with Crippen LogP contribution in [-0.4, -0.2) is 64.9 Å². The number of fused-ring (bicyclic) bond motifs is 2. The largest absolute Gasteiger partial charge is 0.444 e. The van der Waals surface area contributed by atoms with Gasteiger partial charge in [0.05, 0.1) is 5.60 Å². The summed E-state index contributed by atoms with van der Waals surface area (Å²) in [5, 5.41) is 10.8. The highest BCUT2D eigenvalue weighted by Crippen LogP contribution is 2.42. The summed E-state index contributed by atoms with van der Waals surface area (Å²) in [7, 11) is 4.04. The lowest BCUT2D eigenvalue weighted by Crippen LogP contribution is -2.54. The van der Waals surface area contributed by atoms with Crippen LogP contribution in [0, 0.1) is 0 Å². The predicted molar refractivity (Wildman–Crippen MR) is 82.2 cm³/mol. The molecule has 0 radical (unpaired) electrons. The second-order valence-corrected chi connectivity index (χ2v) is 7.96. The molecule has 1 amide bonds. The van der Waals surface area contributed by atoms with Crippen molar-refractivity contribution in [3.8, 4) is 0 Å². The molecule has 21 heavy (non-hydrogen) atoms. The lowest BCUT2D eigenvalue weighted by Gasteiger charge is -2.44. The van der Waals surface area contributed by atoms with E-state index in [0.29, 0.717) is 12.8 Å². The first-order valence-electron chi connectivity index (χ1n) is 7.98. The number of rotatable bonds is 3. The SMILES string of the molecule is CN(C)CCC1(O)CC2CCC(C1)N2C(=O)OC(C)(C)C. The third-order valence-corrected chi connectivity index (χ3v) is 4.48. The van der Waals surface area contributed by atoms with Gasteiger partial charge in [-0.25, -0.2) is 4.79 Å². The summed E-state index contributed by atoms with van der Waals surface area (Å²) >= 11 is 0. The van der Waals surface area contributed by atoms with Gasteiger partial charge in [-0.15, -0.1) is 0 Å². The Morgan fingerprint density at radius 2 is 1.81 bits per heavy atom. The van der Waals surface area contributed by atoms with E-state index in [1.54, 1.807) is 0 Å². The fourth-order valence-corrected chi connectivity index (χ4v) is 3.57. The topological polar surface area (TPSA) is 53.0 Å². The molecule has 2 saturated heterocycles. The molecule has 0 saturated carbocycles. The third-order valence-electron chi connectivity index (χ3n) is 4.48. The zero-order chi connectivity index (χ0) is 15.8. The Kier molecular flexibility index (Phi) is 4.54.